The Hall–Kier alpha value is -5.16. The van der Waals surface area contributed by atoms with E-state index in [2.05, 4.69) is 29.6 Å². The zero-order valence-corrected chi connectivity index (χ0v) is 28.0. The number of nitrogens with zero attached hydrogens (tertiary/aromatic N) is 3. The third-order valence-electron chi connectivity index (χ3n) is 8.30. The number of aryl methyl sites for hydroxylation is 1. The lowest BCUT2D eigenvalue weighted by Gasteiger charge is -2.28. The Bertz CT molecular complexity index is 1800. The number of hydrogen-bond donors (Lipinski definition) is 2. The van der Waals surface area contributed by atoms with Crippen molar-refractivity contribution < 1.29 is 33.8 Å². The Labute approximate surface area is 280 Å². The largest absolute Gasteiger partial charge is 0.481 e. The van der Waals surface area contributed by atoms with Crippen molar-refractivity contribution in [2.75, 3.05) is 26.0 Å². The van der Waals surface area contributed by atoms with Crippen molar-refractivity contribution in [2.24, 2.45) is 0 Å². The summed E-state index contributed by atoms with van der Waals surface area (Å²) < 4.78 is 13.4. The summed E-state index contributed by atoms with van der Waals surface area (Å²) in [7, 11) is 3.43. The number of amides is 2. The van der Waals surface area contributed by atoms with E-state index in [9.17, 15) is 19.2 Å². The molecule has 0 saturated carbocycles. The smallest absolute Gasteiger partial charge is 0.424 e. The first-order chi connectivity index (χ1) is 22.8. The van der Waals surface area contributed by atoms with Crippen LogP contribution in [0.1, 0.15) is 62.8 Å². The van der Waals surface area contributed by atoms with Gasteiger partial charge in [-0.2, -0.15) is 0 Å². The number of ether oxygens (including phenoxy) is 2. The topological polar surface area (TPSA) is 130 Å². The summed E-state index contributed by atoms with van der Waals surface area (Å²) in [6.45, 7) is 6.30. The zero-order chi connectivity index (χ0) is 34.6. The van der Waals surface area contributed by atoms with E-state index in [1.54, 1.807) is 31.2 Å². The van der Waals surface area contributed by atoms with Gasteiger partial charge in [-0.15, -0.1) is 0 Å². The van der Waals surface area contributed by atoms with Crippen LogP contribution < -0.4 is 5.32 Å². The van der Waals surface area contributed by atoms with Crippen LogP contribution in [0.4, 0.5) is 10.5 Å². The minimum absolute atomic E-state index is 0.0609. The van der Waals surface area contributed by atoms with Crippen molar-refractivity contribution in [1.29, 1.82) is 0 Å². The molecule has 11 nitrogen and oxygen atoms in total. The Morgan fingerprint density at radius 2 is 1.52 bits per heavy atom. The molecule has 3 aromatic carbocycles. The number of carboxylic acid groups (broad SMARTS) is 1. The van der Waals surface area contributed by atoms with Crippen LogP contribution in [0.3, 0.4) is 0 Å². The normalized spacial score (nSPS) is 12.5. The van der Waals surface area contributed by atoms with Gasteiger partial charge in [0.1, 0.15) is 12.2 Å². The van der Waals surface area contributed by atoms with Crippen LogP contribution in [0.15, 0.2) is 72.8 Å². The number of aromatic nitrogens is 1. The van der Waals surface area contributed by atoms with Crippen molar-refractivity contribution in [3.8, 4) is 11.1 Å². The third kappa shape index (κ3) is 8.03. The van der Waals surface area contributed by atoms with Crippen LogP contribution in [0.25, 0.3) is 22.0 Å². The molecule has 1 heterocycles. The SMILES string of the molecule is CN(Cc1cc2cc(NC(=O)CCC(=O)O)ccc2n1CCC(=O)OC(C)(C)C)N(C)C(=O)OCC1c2ccccc2-c2ccccc21. The number of fused-ring (bicyclic) bond motifs is 4. The number of carbonyl (C=O) groups excluding carboxylic acids is 3. The lowest BCUT2D eigenvalue weighted by atomic mass is 9.98. The monoisotopic (exact) mass is 654 g/mol. The highest BCUT2D eigenvalue weighted by molar-refractivity contribution is 5.95. The molecule has 11 heteroatoms. The number of benzene rings is 3. The maximum Gasteiger partial charge on any atom is 0.424 e. The highest BCUT2D eigenvalue weighted by Crippen LogP contribution is 2.44. The van der Waals surface area contributed by atoms with Crippen LogP contribution in [-0.4, -0.2) is 69.9 Å². The molecule has 4 aromatic rings. The summed E-state index contributed by atoms with van der Waals surface area (Å²) in [6, 6.07) is 23.7. The van der Waals surface area contributed by atoms with E-state index in [4.69, 9.17) is 14.6 Å². The number of rotatable bonds is 12. The van der Waals surface area contributed by atoms with E-state index in [0.717, 1.165) is 38.9 Å². The van der Waals surface area contributed by atoms with Gasteiger partial charge in [0.05, 0.1) is 19.4 Å². The molecule has 1 aliphatic carbocycles. The number of carboxylic acids is 1. The van der Waals surface area contributed by atoms with Crippen molar-refractivity contribution in [3.05, 3.63) is 89.6 Å². The minimum Gasteiger partial charge on any atom is -0.481 e. The standard InChI is InChI=1S/C37H42N4O7/c1-37(2,3)48-35(45)18-19-41-26(21-24-20-25(14-15-32(24)41)38-33(42)16-17-34(43)44)22-39(4)40(5)36(46)47-23-31-29-12-8-6-10-27(29)28-11-7-9-13-30(28)31/h6-15,20-21,31H,16-19,22-23H2,1-5H3,(H,38,42)(H,43,44). The second-order valence-electron chi connectivity index (χ2n) is 13.0. The Kier molecular flexibility index (Phi) is 10.2. The van der Waals surface area contributed by atoms with Gasteiger partial charge in [-0.25, -0.2) is 14.8 Å². The van der Waals surface area contributed by atoms with E-state index in [1.165, 1.54) is 5.01 Å². The quantitative estimate of drug-likeness (QED) is 0.133. The maximum atomic E-state index is 13.3. The van der Waals surface area contributed by atoms with Crippen LogP contribution in [0, 0.1) is 0 Å². The molecular formula is C37H42N4O7. The lowest BCUT2D eigenvalue weighted by Crippen LogP contribution is -2.41. The molecule has 5 rings (SSSR count). The average molecular weight is 655 g/mol. The predicted octanol–water partition coefficient (Wildman–Crippen LogP) is 6.40. The van der Waals surface area contributed by atoms with Crippen LogP contribution in [-0.2, 0) is 36.9 Å². The van der Waals surface area contributed by atoms with Crippen molar-refractivity contribution >= 4 is 40.5 Å². The van der Waals surface area contributed by atoms with Crippen LogP contribution in [0.2, 0.25) is 0 Å². The molecule has 1 aliphatic rings. The van der Waals surface area contributed by atoms with Crippen molar-refractivity contribution in [2.45, 2.75) is 64.6 Å². The summed E-state index contributed by atoms with van der Waals surface area (Å²) in [5.74, 6) is -1.83. The molecule has 0 bridgehead atoms. The fraction of sp³-hybridized carbons (Fsp3) is 0.351. The number of hydrazine groups is 1. The van der Waals surface area contributed by atoms with Gasteiger partial charge in [0, 0.05) is 55.3 Å². The maximum absolute atomic E-state index is 13.3. The minimum atomic E-state index is -1.04. The van der Waals surface area contributed by atoms with E-state index >= 15 is 0 Å². The number of nitrogens with one attached hydrogen (secondary N) is 1. The average Bonchev–Trinajstić information content (AvgIpc) is 3.54. The van der Waals surface area contributed by atoms with Crippen LogP contribution >= 0.6 is 0 Å². The van der Waals surface area contributed by atoms with Gasteiger partial charge in [0.25, 0.3) is 0 Å². The Morgan fingerprint density at radius 3 is 2.15 bits per heavy atom. The molecular weight excluding hydrogens is 612 g/mol. The number of anilines is 1. The third-order valence-corrected chi connectivity index (χ3v) is 8.30. The number of esters is 1. The summed E-state index contributed by atoms with van der Waals surface area (Å²) in [4.78, 5) is 49.1. The van der Waals surface area contributed by atoms with E-state index < -0.39 is 23.6 Å². The van der Waals surface area contributed by atoms with Gasteiger partial charge in [-0.1, -0.05) is 48.5 Å². The molecule has 0 spiro atoms. The zero-order valence-electron chi connectivity index (χ0n) is 28.0. The molecule has 2 N–H and O–H groups in total. The first kappa shape index (κ1) is 34.2. The first-order valence-corrected chi connectivity index (χ1v) is 16.0. The second-order valence-corrected chi connectivity index (χ2v) is 13.0. The number of aliphatic carboxylic acids is 1. The highest BCUT2D eigenvalue weighted by atomic mass is 16.6. The van der Waals surface area contributed by atoms with Gasteiger partial charge < -0.3 is 24.5 Å². The molecule has 0 atom stereocenters. The molecule has 2 amide bonds. The van der Waals surface area contributed by atoms with Crippen molar-refractivity contribution in [3.63, 3.8) is 0 Å². The summed E-state index contributed by atoms with van der Waals surface area (Å²) >= 11 is 0. The summed E-state index contributed by atoms with van der Waals surface area (Å²) in [5.41, 5.74) is 6.14. The fourth-order valence-electron chi connectivity index (χ4n) is 6.01. The lowest BCUT2D eigenvalue weighted by molar-refractivity contribution is -0.155. The van der Waals surface area contributed by atoms with Gasteiger partial charge in [0.15, 0.2) is 0 Å². The molecule has 0 radical (unpaired) electrons. The van der Waals surface area contributed by atoms with E-state index in [0.29, 0.717) is 18.8 Å². The fourth-order valence-corrected chi connectivity index (χ4v) is 6.01. The predicted molar refractivity (Wildman–Crippen MR) is 182 cm³/mol. The Balaban J connectivity index is 1.31. The molecule has 1 aromatic heterocycles. The number of hydrogen-bond acceptors (Lipinski definition) is 7. The second kappa shape index (κ2) is 14.3. The van der Waals surface area contributed by atoms with Crippen molar-refractivity contribution in [1.82, 2.24) is 14.6 Å². The van der Waals surface area contributed by atoms with Gasteiger partial charge in [-0.05, 0) is 67.3 Å². The number of carbonyl (C=O) groups is 4. The summed E-state index contributed by atoms with van der Waals surface area (Å²) in [6.07, 6.45) is -0.763. The van der Waals surface area contributed by atoms with Gasteiger partial charge in [-0.3, -0.25) is 14.4 Å². The molecule has 0 unspecified atom stereocenters. The van der Waals surface area contributed by atoms with Gasteiger partial charge >= 0.3 is 18.0 Å². The van der Waals surface area contributed by atoms with Gasteiger partial charge in [0.2, 0.25) is 5.91 Å². The molecule has 252 valence electrons. The molecule has 0 saturated heterocycles. The molecule has 48 heavy (non-hydrogen) atoms. The molecule has 0 fully saturated rings. The van der Waals surface area contributed by atoms with E-state index in [-0.39, 0.29) is 37.8 Å². The van der Waals surface area contributed by atoms with Crippen LogP contribution in [0.5, 0.6) is 0 Å². The first-order valence-electron chi connectivity index (χ1n) is 16.0. The molecule has 0 aliphatic heterocycles. The van der Waals surface area contributed by atoms with E-state index in [1.807, 2.05) is 61.7 Å². The summed E-state index contributed by atoms with van der Waals surface area (Å²) in [5, 5.41) is 15.6. The highest BCUT2D eigenvalue weighted by Gasteiger charge is 2.30. The Morgan fingerprint density at radius 1 is 0.875 bits per heavy atom.